The molecule has 1 aromatic heterocycles. The average molecular weight is 347 g/mol. The monoisotopic (exact) mass is 347 g/mol. The number of nitrogens with zero attached hydrogens (tertiary/aromatic N) is 1. The average Bonchev–Trinajstić information content (AvgIpc) is 2.62. The summed E-state index contributed by atoms with van der Waals surface area (Å²) in [7, 11) is 0. The quantitative estimate of drug-likeness (QED) is 0.666. The zero-order chi connectivity index (χ0) is 17.6. The molecular formula is C21H21N3S. The molecule has 0 saturated carbocycles. The second kappa shape index (κ2) is 7.90. The third kappa shape index (κ3) is 4.43. The molecule has 0 amide bonds. The van der Waals surface area contributed by atoms with Gasteiger partial charge in [0, 0.05) is 6.20 Å². The molecule has 4 heteroatoms. The lowest BCUT2D eigenvalue weighted by Crippen LogP contribution is -2.33. The van der Waals surface area contributed by atoms with E-state index in [-0.39, 0.29) is 6.04 Å². The SMILES string of the molecule is Cc1cccc([C@H](NC(=S)Nc2ncccc2C)c2ccccc2)c1. The highest BCUT2D eigenvalue weighted by Gasteiger charge is 2.15. The van der Waals surface area contributed by atoms with Gasteiger partial charge in [0.05, 0.1) is 6.04 Å². The summed E-state index contributed by atoms with van der Waals surface area (Å²) in [5, 5.41) is 7.19. The molecule has 0 aliphatic rings. The van der Waals surface area contributed by atoms with Crippen molar-refractivity contribution in [1.82, 2.24) is 10.3 Å². The Balaban J connectivity index is 1.85. The van der Waals surface area contributed by atoms with Crippen molar-refractivity contribution in [2.75, 3.05) is 5.32 Å². The van der Waals surface area contributed by atoms with Crippen LogP contribution in [0.4, 0.5) is 5.82 Å². The molecule has 3 aromatic rings. The molecule has 0 unspecified atom stereocenters. The van der Waals surface area contributed by atoms with E-state index in [9.17, 15) is 0 Å². The van der Waals surface area contributed by atoms with Crippen molar-refractivity contribution in [3.8, 4) is 0 Å². The molecule has 0 fully saturated rings. The summed E-state index contributed by atoms with van der Waals surface area (Å²) in [6, 6.07) is 22.7. The van der Waals surface area contributed by atoms with Crippen LogP contribution < -0.4 is 10.6 Å². The highest BCUT2D eigenvalue weighted by molar-refractivity contribution is 7.80. The van der Waals surface area contributed by atoms with E-state index < -0.39 is 0 Å². The van der Waals surface area contributed by atoms with Gasteiger partial charge in [-0.1, -0.05) is 66.2 Å². The fraction of sp³-hybridized carbons (Fsp3) is 0.143. The van der Waals surface area contributed by atoms with E-state index in [0.717, 1.165) is 16.9 Å². The van der Waals surface area contributed by atoms with Crippen LogP contribution in [0.2, 0.25) is 0 Å². The summed E-state index contributed by atoms with van der Waals surface area (Å²) in [6.45, 7) is 4.10. The Hall–Kier alpha value is -2.72. The molecule has 0 aliphatic heterocycles. The Morgan fingerprint density at radius 3 is 2.40 bits per heavy atom. The summed E-state index contributed by atoms with van der Waals surface area (Å²) in [4.78, 5) is 4.35. The fourth-order valence-electron chi connectivity index (χ4n) is 2.75. The molecule has 0 aliphatic carbocycles. The van der Waals surface area contributed by atoms with Crippen molar-refractivity contribution < 1.29 is 0 Å². The molecule has 0 spiro atoms. The van der Waals surface area contributed by atoms with Gasteiger partial charge in [-0.2, -0.15) is 0 Å². The number of rotatable bonds is 4. The Bertz CT molecular complexity index is 862. The molecule has 1 heterocycles. The molecule has 2 aromatic carbocycles. The van der Waals surface area contributed by atoms with E-state index in [1.54, 1.807) is 6.20 Å². The number of aromatic nitrogens is 1. The minimum atomic E-state index is -0.0230. The number of aryl methyl sites for hydroxylation is 2. The third-order valence-electron chi connectivity index (χ3n) is 4.03. The van der Waals surface area contributed by atoms with Crippen molar-refractivity contribution in [1.29, 1.82) is 0 Å². The van der Waals surface area contributed by atoms with Crippen molar-refractivity contribution in [3.05, 3.63) is 95.2 Å². The lowest BCUT2D eigenvalue weighted by molar-refractivity contribution is 0.767. The second-order valence-electron chi connectivity index (χ2n) is 6.03. The molecule has 0 radical (unpaired) electrons. The normalized spacial score (nSPS) is 11.6. The van der Waals surface area contributed by atoms with Crippen molar-refractivity contribution in [2.45, 2.75) is 19.9 Å². The molecule has 3 nitrogen and oxygen atoms in total. The minimum absolute atomic E-state index is 0.0230. The summed E-state index contributed by atoms with van der Waals surface area (Å²) >= 11 is 5.54. The molecule has 0 saturated heterocycles. The Morgan fingerprint density at radius 1 is 0.920 bits per heavy atom. The highest BCUT2D eigenvalue weighted by Crippen LogP contribution is 2.23. The first kappa shape index (κ1) is 17.1. The van der Waals surface area contributed by atoms with Gasteiger partial charge in [-0.15, -0.1) is 0 Å². The molecule has 25 heavy (non-hydrogen) atoms. The first-order valence-corrected chi connectivity index (χ1v) is 8.65. The number of hydrogen-bond acceptors (Lipinski definition) is 2. The minimum Gasteiger partial charge on any atom is -0.351 e. The smallest absolute Gasteiger partial charge is 0.172 e. The number of thiocarbonyl (C=S) groups is 1. The lowest BCUT2D eigenvalue weighted by atomic mass is 9.97. The molecule has 1 atom stereocenters. The number of pyridine rings is 1. The van der Waals surface area contributed by atoms with Gasteiger partial charge < -0.3 is 10.6 Å². The Morgan fingerprint density at radius 2 is 1.68 bits per heavy atom. The highest BCUT2D eigenvalue weighted by atomic mass is 32.1. The van der Waals surface area contributed by atoms with Crippen LogP contribution in [0.1, 0.15) is 28.3 Å². The van der Waals surface area contributed by atoms with Gasteiger partial charge in [-0.25, -0.2) is 4.98 Å². The zero-order valence-corrected chi connectivity index (χ0v) is 15.2. The van der Waals surface area contributed by atoms with E-state index in [2.05, 4.69) is 58.9 Å². The van der Waals surface area contributed by atoms with E-state index in [1.165, 1.54) is 11.1 Å². The van der Waals surface area contributed by atoms with Gasteiger partial charge in [0.25, 0.3) is 0 Å². The van der Waals surface area contributed by atoms with Crippen LogP contribution in [0, 0.1) is 13.8 Å². The lowest BCUT2D eigenvalue weighted by Gasteiger charge is -2.22. The van der Waals surface area contributed by atoms with Gasteiger partial charge in [0.1, 0.15) is 5.82 Å². The van der Waals surface area contributed by atoms with Crippen molar-refractivity contribution in [2.24, 2.45) is 0 Å². The van der Waals surface area contributed by atoms with Crippen LogP contribution >= 0.6 is 12.2 Å². The van der Waals surface area contributed by atoms with Gasteiger partial charge in [-0.3, -0.25) is 0 Å². The first-order valence-electron chi connectivity index (χ1n) is 8.24. The van der Waals surface area contributed by atoms with Gasteiger partial charge in [0.15, 0.2) is 5.11 Å². The van der Waals surface area contributed by atoms with Crippen LogP contribution in [0.3, 0.4) is 0 Å². The van der Waals surface area contributed by atoms with E-state index >= 15 is 0 Å². The molecule has 3 rings (SSSR count). The van der Waals surface area contributed by atoms with Gasteiger partial charge in [-0.05, 0) is 48.8 Å². The summed E-state index contributed by atoms with van der Waals surface area (Å²) < 4.78 is 0. The van der Waals surface area contributed by atoms with Gasteiger partial charge >= 0.3 is 0 Å². The summed E-state index contributed by atoms with van der Waals surface area (Å²) in [6.07, 6.45) is 1.76. The maximum absolute atomic E-state index is 5.54. The van der Waals surface area contributed by atoms with E-state index in [4.69, 9.17) is 12.2 Å². The molecule has 0 bridgehead atoms. The van der Waals surface area contributed by atoms with Crippen LogP contribution in [0.5, 0.6) is 0 Å². The van der Waals surface area contributed by atoms with Crippen LogP contribution in [0.25, 0.3) is 0 Å². The van der Waals surface area contributed by atoms with Crippen molar-refractivity contribution in [3.63, 3.8) is 0 Å². The van der Waals surface area contributed by atoms with E-state index in [1.807, 2.05) is 37.3 Å². The zero-order valence-electron chi connectivity index (χ0n) is 14.4. The number of hydrogen-bond donors (Lipinski definition) is 2. The number of nitrogens with one attached hydrogen (secondary N) is 2. The van der Waals surface area contributed by atoms with Crippen LogP contribution in [-0.2, 0) is 0 Å². The van der Waals surface area contributed by atoms with E-state index in [0.29, 0.717) is 5.11 Å². The number of anilines is 1. The topological polar surface area (TPSA) is 37.0 Å². The summed E-state index contributed by atoms with van der Waals surface area (Å²) in [5.74, 6) is 0.774. The fourth-order valence-corrected chi connectivity index (χ4v) is 2.96. The number of benzene rings is 2. The maximum Gasteiger partial charge on any atom is 0.172 e. The maximum atomic E-state index is 5.54. The second-order valence-corrected chi connectivity index (χ2v) is 6.43. The summed E-state index contributed by atoms with van der Waals surface area (Å²) in [5.41, 5.74) is 4.61. The first-order chi connectivity index (χ1) is 12.1. The van der Waals surface area contributed by atoms with Crippen molar-refractivity contribution >= 4 is 23.1 Å². The standard InChI is InChI=1S/C21H21N3S/c1-15-8-6-12-18(14-15)19(17-10-4-3-5-11-17)23-21(25)24-20-16(2)9-7-13-22-20/h3-14,19H,1-2H3,(H2,22,23,24,25)/t19-/m1/s1. The predicted octanol–water partition coefficient (Wildman–Crippen LogP) is 4.77. The Kier molecular flexibility index (Phi) is 5.41. The molecule has 126 valence electrons. The predicted molar refractivity (Wildman–Crippen MR) is 108 cm³/mol. The Labute approximate surface area is 154 Å². The third-order valence-corrected chi connectivity index (χ3v) is 4.25. The van der Waals surface area contributed by atoms with Crippen LogP contribution in [0.15, 0.2) is 72.9 Å². The molecular weight excluding hydrogens is 326 g/mol. The van der Waals surface area contributed by atoms with Crippen LogP contribution in [-0.4, -0.2) is 10.1 Å². The molecule has 2 N–H and O–H groups in total. The van der Waals surface area contributed by atoms with Gasteiger partial charge in [0.2, 0.25) is 0 Å². The largest absolute Gasteiger partial charge is 0.351 e.